The first-order valence-corrected chi connectivity index (χ1v) is 6.46. The van der Waals surface area contributed by atoms with Crippen molar-refractivity contribution in [1.82, 2.24) is 0 Å². The lowest BCUT2D eigenvalue weighted by atomic mass is 9.90. The molecule has 0 amide bonds. The van der Waals surface area contributed by atoms with Gasteiger partial charge in [0.2, 0.25) is 0 Å². The number of aliphatic hydroxyl groups is 1. The summed E-state index contributed by atoms with van der Waals surface area (Å²) in [7, 11) is 1.63. The molecule has 0 aliphatic heterocycles. The van der Waals surface area contributed by atoms with Gasteiger partial charge >= 0.3 is 0 Å². The molecule has 106 valence electrons. The van der Waals surface area contributed by atoms with E-state index in [9.17, 15) is 10.2 Å². The quantitative estimate of drug-likeness (QED) is 0.803. The van der Waals surface area contributed by atoms with Crippen LogP contribution in [0.1, 0.15) is 35.6 Å². The summed E-state index contributed by atoms with van der Waals surface area (Å²) in [4.78, 5) is 0. The van der Waals surface area contributed by atoms with Gasteiger partial charge in [0, 0.05) is 5.56 Å². The topological polar surface area (TPSA) is 49.7 Å². The smallest absolute Gasteiger partial charge is 0.125 e. The molecule has 3 nitrogen and oxygen atoms in total. The van der Waals surface area contributed by atoms with Crippen molar-refractivity contribution in [1.29, 1.82) is 0 Å². The summed E-state index contributed by atoms with van der Waals surface area (Å²) in [5.74, 6) is 1.11. The summed E-state index contributed by atoms with van der Waals surface area (Å²) in [6.45, 7) is 11.1. The molecule has 0 heterocycles. The van der Waals surface area contributed by atoms with Gasteiger partial charge in [0.25, 0.3) is 0 Å². The average molecular weight is 264 g/mol. The zero-order valence-electron chi connectivity index (χ0n) is 12.5. The molecule has 0 aromatic heterocycles. The van der Waals surface area contributed by atoms with Crippen LogP contribution in [0.2, 0.25) is 0 Å². The van der Waals surface area contributed by atoms with Gasteiger partial charge in [-0.1, -0.05) is 6.08 Å². The SMILES string of the molecule is C=C[C@](C)(O)CCc1c(C)c(OC)c(C)c(C)c1O. The van der Waals surface area contributed by atoms with E-state index in [1.54, 1.807) is 14.0 Å². The second-order valence-corrected chi connectivity index (χ2v) is 5.30. The Balaban J connectivity index is 3.21. The molecule has 0 aliphatic rings. The van der Waals surface area contributed by atoms with E-state index in [1.165, 1.54) is 6.08 Å². The molecule has 0 saturated carbocycles. The third-order valence-corrected chi connectivity index (χ3v) is 3.86. The molecule has 0 saturated heterocycles. The maximum atomic E-state index is 10.3. The minimum atomic E-state index is -0.926. The molecule has 0 unspecified atom stereocenters. The van der Waals surface area contributed by atoms with Crippen LogP contribution in [-0.2, 0) is 6.42 Å². The van der Waals surface area contributed by atoms with Crippen molar-refractivity contribution >= 4 is 0 Å². The van der Waals surface area contributed by atoms with Gasteiger partial charge < -0.3 is 14.9 Å². The third kappa shape index (κ3) is 3.10. The van der Waals surface area contributed by atoms with E-state index in [-0.39, 0.29) is 0 Å². The van der Waals surface area contributed by atoms with Gasteiger partial charge in [-0.25, -0.2) is 0 Å². The third-order valence-electron chi connectivity index (χ3n) is 3.86. The maximum absolute atomic E-state index is 10.3. The van der Waals surface area contributed by atoms with E-state index in [0.717, 1.165) is 28.0 Å². The molecule has 1 rings (SSSR count). The number of hydrogen-bond acceptors (Lipinski definition) is 3. The van der Waals surface area contributed by atoms with Crippen molar-refractivity contribution in [3.05, 3.63) is 34.9 Å². The predicted molar refractivity (Wildman–Crippen MR) is 78.0 cm³/mol. The zero-order valence-corrected chi connectivity index (χ0v) is 12.5. The van der Waals surface area contributed by atoms with Gasteiger partial charge in [-0.3, -0.25) is 0 Å². The number of ether oxygens (including phenoxy) is 1. The van der Waals surface area contributed by atoms with Crippen molar-refractivity contribution in [3.8, 4) is 11.5 Å². The Bertz CT molecular complexity index is 488. The van der Waals surface area contributed by atoms with Crippen molar-refractivity contribution in [2.75, 3.05) is 7.11 Å². The Morgan fingerprint density at radius 1 is 1.21 bits per heavy atom. The zero-order chi connectivity index (χ0) is 14.8. The number of phenolic OH excluding ortho intramolecular Hbond substituents is 1. The highest BCUT2D eigenvalue weighted by Gasteiger charge is 2.21. The lowest BCUT2D eigenvalue weighted by Gasteiger charge is -2.22. The first kappa shape index (κ1) is 15.6. The van der Waals surface area contributed by atoms with E-state index < -0.39 is 5.60 Å². The second kappa shape index (κ2) is 5.66. The number of benzene rings is 1. The second-order valence-electron chi connectivity index (χ2n) is 5.30. The molecule has 0 aliphatic carbocycles. The molecule has 0 bridgehead atoms. The van der Waals surface area contributed by atoms with Crippen molar-refractivity contribution in [2.45, 2.75) is 46.1 Å². The fourth-order valence-electron chi connectivity index (χ4n) is 2.26. The van der Waals surface area contributed by atoms with Gasteiger partial charge in [0.05, 0.1) is 12.7 Å². The molecule has 1 aromatic rings. The van der Waals surface area contributed by atoms with Crippen LogP contribution >= 0.6 is 0 Å². The molecule has 0 fully saturated rings. The lowest BCUT2D eigenvalue weighted by molar-refractivity contribution is 0.102. The summed E-state index contributed by atoms with van der Waals surface area (Å²) >= 11 is 0. The summed E-state index contributed by atoms with van der Waals surface area (Å²) in [6, 6.07) is 0. The first-order valence-electron chi connectivity index (χ1n) is 6.46. The molecule has 1 aromatic carbocycles. The van der Waals surface area contributed by atoms with E-state index in [4.69, 9.17) is 4.74 Å². The molecular weight excluding hydrogens is 240 g/mol. The first-order chi connectivity index (χ1) is 8.75. The molecular formula is C16H24O3. The molecule has 0 spiro atoms. The largest absolute Gasteiger partial charge is 0.507 e. The van der Waals surface area contributed by atoms with E-state index in [2.05, 4.69) is 6.58 Å². The summed E-state index contributed by atoms with van der Waals surface area (Å²) in [5.41, 5.74) is 2.63. The van der Waals surface area contributed by atoms with Crippen LogP contribution in [0.3, 0.4) is 0 Å². The highest BCUT2D eigenvalue weighted by molar-refractivity contribution is 5.57. The van der Waals surface area contributed by atoms with Crippen LogP contribution in [-0.4, -0.2) is 22.9 Å². The van der Waals surface area contributed by atoms with E-state index >= 15 is 0 Å². The standard InChI is InChI=1S/C16H24O3/c1-7-16(5,18)9-8-13-12(4)15(19-6)11(3)10(2)14(13)17/h7,17-18H,1,8-9H2,2-6H3/t16-/m0/s1. The van der Waals surface area contributed by atoms with Crippen LogP contribution in [0, 0.1) is 20.8 Å². The lowest BCUT2D eigenvalue weighted by Crippen LogP contribution is -2.21. The Morgan fingerprint density at radius 2 is 1.79 bits per heavy atom. The summed E-state index contributed by atoms with van der Waals surface area (Å²) in [5, 5.41) is 20.3. The monoisotopic (exact) mass is 264 g/mol. The number of methoxy groups -OCH3 is 1. The number of phenols is 1. The van der Waals surface area contributed by atoms with Crippen molar-refractivity contribution in [2.24, 2.45) is 0 Å². The minimum Gasteiger partial charge on any atom is -0.507 e. The minimum absolute atomic E-state index is 0.302. The molecule has 2 N–H and O–H groups in total. The molecule has 1 atom stereocenters. The maximum Gasteiger partial charge on any atom is 0.125 e. The molecule has 19 heavy (non-hydrogen) atoms. The number of aromatic hydroxyl groups is 1. The van der Waals surface area contributed by atoms with E-state index in [1.807, 2.05) is 20.8 Å². The van der Waals surface area contributed by atoms with Gasteiger partial charge in [-0.05, 0) is 57.2 Å². The Hall–Kier alpha value is -1.48. The van der Waals surface area contributed by atoms with Gasteiger partial charge in [-0.15, -0.1) is 6.58 Å². The summed E-state index contributed by atoms with van der Waals surface area (Å²) in [6.07, 6.45) is 2.61. The van der Waals surface area contributed by atoms with E-state index in [0.29, 0.717) is 18.6 Å². The fourth-order valence-corrected chi connectivity index (χ4v) is 2.26. The Kier molecular flexibility index (Phi) is 4.64. The van der Waals surface area contributed by atoms with Gasteiger partial charge in [0.15, 0.2) is 0 Å². The highest BCUT2D eigenvalue weighted by Crippen LogP contribution is 2.38. The van der Waals surface area contributed by atoms with Crippen LogP contribution in [0.25, 0.3) is 0 Å². The van der Waals surface area contributed by atoms with Gasteiger partial charge in [0.1, 0.15) is 11.5 Å². The predicted octanol–water partition coefficient (Wildman–Crippen LogP) is 3.20. The van der Waals surface area contributed by atoms with Crippen LogP contribution in [0.5, 0.6) is 11.5 Å². The van der Waals surface area contributed by atoms with Crippen molar-refractivity contribution < 1.29 is 14.9 Å². The van der Waals surface area contributed by atoms with Crippen molar-refractivity contribution in [3.63, 3.8) is 0 Å². The highest BCUT2D eigenvalue weighted by atomic mass is 16.5. The fraction of sp³-hybridized carbons (Fsp3) is 0.500. The van der Waals surface area contributed by atoms with Crippen LogP contribution < -0.4 is 4.74 Å². The molecule has 3 heteroatoms. The van der Waals surface area contributed by atoms with Crippen LogP contribution in [0.4, 0.5) is 0 Å². The number of hydrogen-bond donors (Lipinski definition) is 2. The Labute approximate surface area is 115 Å². The molecule has 0 radical (unpaired) electrons. The number of rotatable bonds is 5. The summed E-state index contributed by atoms with van der Waals surface area (Å²) < 4.78 is 5.42. The average Bonchev–Trinajstić information content (AvgIpc) is 2.37. The normalized spacial score (nSPS) is 14.0. The van der Waals surface area contributed by atoms with Crippen LogP contribution in [0.15, 0.2) is 12.7 Å². The Morgan fingerprint density at radius 3 is 2.26 bits per heavy atom. The van der Waals surface area contributed by atoms with Gasteiger partial charge in [-0.2, -0.15) is 0 Å².